The number of anilines is 2. The van der Waals surface area contributed by atoms with Gasteiger partial charge in [-0.3, -0.25) is 0 Å². The van der Waals surface area contributed by atoms with Gasteiger partial charge in [-0.1, -0.05) is 0 Å². The summed E-state index contributed by atoms with van der Waals surface area (Å²) in [5.41, 5.74) is 11.5. The van der Waals surface area contributed by atoms with Gasteiger partial charge >= 0.3 is 6.03 Å². The maximum Gasteiger partial charge on any atom is 0.312 e. The van der Waals surface area contributed by atoms with Crippen molar-refractivity contribution in [1.82, 2.24) is 10.0 Å². The normalized spacial score (nSPS) is 11.0. The summed E-state index contributed by atoms with van der Waals surface area (Å²) in [6, 6.07) is 3.75. The van der Waals surface area contributed by atoms with Gasteiger partial charge in [0.1, 0.15) is 0 Å². The van der Waals surface area contributed by atoms with Gasteiger partial charge in [0, 0.05) is 13.1 Å². The fourth-order valence-corrected chi connectivity index (χ4v) is 2.13. The Morgan fingerprint density at radius 3 is 2.53 bits per heavy atom. The number of primary amides is 1. The molecule has 0 saturated carbocycles. The molecule has 0 saturated heterocycles. The van der Waals surface area contributed by atoms with Crippen molar-refractivity contribution in [3.8, 4) is 0 Å². The molecule has 7 N–H and O–H groups in total. The van der Waals surface area contributed by atoms with Crippen molar-refractivity contribution < 1.29 is 13.2 Å². The summed E-state index contributed by atoms with van der Waals surface area (Å²) in [4.78, 5) is 10.5. The van der Waals surface area contributed by atoms with Gasteiger partial charge in [0.15, 0.2) is 0 Å². The maximum atomic E-state index is 11.6. The smallest absolute Gasteiger partial charge is 0.312 e. The van der Waals surface area contributed by atoms with Crippen molar-refractivity contribution in [3.05, 3.63) is 18.2 Å². The van der Waals surface area contributed by atoms with Crippen LogP contribution >= 0.6 is 0 Å². The number of nitrogens with one attached hydrogen (secondary N) is 3. The second-order valence-electron chi connectivity index (χ2n) is 3.67. The molecule has 0 aliphatic rings. The first kappa shape index (κ1) is 15.1. The highest BCUT2D eigenvalue weighted by atomic mass is 32.2. The number of hydrogen-bond acceptors (Lipinski definition) is 5. The van der Waals surface area contributed by atoms with Gasteiger partial charge in [-0.2, -0.15) is 0 Å². The number of nitrogens with two attached hydrogens (primary N) is 2. The van der Waals surface area contributed by atoms with Gasteiger partial charge in [0.25, 0.3) is 0 Å². The highest BCUT2D eigenvalue weighted by Crippen LogP contribution is 2.22. The fourth-order valence-electron chi connectivity index (χ4n) is 1.37. The molecule has 1 aromatic rings. The molecule has 0 bridgehead atoms. The van der Waals surface area contributed by atoms with Gasteiger partial charge in [-0.15, -0.1) is 0 Å². The van der Waals surface area contributed by atoms with E-state index in [1.54, 1.807) is 6.07 Å². The summed E-state index contributed by atoms with van der Waals surface area (Å²) in [6.07, 6.45) is 0. The number of sulfonamides is 1. The van der Waals surface area contributed by atoms with E-state index in [1.807, 2.05) is 0 Å². The minimum atomic E-state index is -3.51. The van der Waals surface area contributed by atoms with E-state index in [9.17, 15) is 13.2 Å². The van der Waals surface area contributed by atoms with Gasteiger partial charge in [0.05, 0.1) is 16.3 Å². The first-order valence-electron chi connectivity index (χ1n) is 5.47. The number of nitrogen functional groups attached to an aromatic ring is 1. The SMILES string of the molecule is CNS(=O)(=O)c1ccc(NCCNC(N)=O)c(N)c1. The lowest BCUT2D eigenvalue weighted by Crippen LogP contribution is -2.33. The van der Waals surface area contributed by atoms with Crippen molar-refractivity contribution in [2.75, 3.05) is 31.2 Å². The van der Waals surface area contributed by atoms with E-state index < -0.39 is 16.1 Å². The summed E-state index contributed by atoms with van der Waals surface area (Å²) in [5, 5.41) is 5.36. The second kappa shape index (κ2) is 6.25. The molecule has 0 fully saturated rings. The summed E-state index contributed by atoms with van der Waals surface area (Å²) >= 11 is 0. The second-order valence-corrected chi connectivity index (χ2v) is 5.56. The molecule has 0 heterocycles. The Labute approximate surface area is 111 Å². The molecule has 106 valence electrons. The zero-order valence-corrected chi connectivity index (χ0v) is 11.3. The highest BCUT2D eigenvalue weighted by Gasteiger charge is 2.12. The molecule has 0 spiro atoms. The van der Waals surface area contributed by atoms with Crippen molar-refractivity contribution in [2.24, 2.45) is 5.73 Å². The van der Waals surface area contributed by atoms with E-state index in [0.29, 0.717) is 24.5 Å². The molecule has 0 aromatic heterocycles. The van der Waals surface area contributed by atoms with E-state index in [-0.39, 0.29) is 4.90 Å². The van der Waals surface area contributed by atoms with E-state index in [0.717, 1.165) is 0 Å². The van der Waals surface area contributed by atoms with Crippen LogP contribution in [0.4, 0.5) is 16.2 Å². The van der Waals surface area contributed by atoms with Crippen molar-refractivity contribution >= 4 is 27.4 Å². The fraction of sp³-hybridized carbons (Fsp3) is 0.300. The van der Waals surface area contributed by atoms with Gasteiger partial charge in [0.2, 0.25) is 10.0 Å². The Balaban J connectivity index is 2.70. The first-order valence-corrected chi connectivity index (χ1v) is 6.95. The summed E-state index contributed by atoms with van der Waals surface area (Å²) in [6.45, 7) is 0.761. The van der Waals surface area contributed by atoms with Crippen LogP contribution in [0.25, 0.3) is 0 Å². The van der Waals surface area contributed by atoms with Crippen LogP contribution in [0.15, 0.2) is 23.1 Å². The molecule has 19 heavy (non-hydrogen) atoms. The first-order chi connectivity index (χ1) is 8.86. The molecule has 0 radical (unpaired) electrons. The zero-order valence-electron chi connectivity index (χ0n) is 10.4. The van der Waals surface area contributed by atoms with Crippen molar-refractivity contribution in [2.45, 2.75) is 4.90 Å². The van der Waals surface area contributed by atoms with E-state index in [2.05, 4.69) is 15.4 Å². The number of benzene rings is 1. The lowest BCUT2D eigenvalue weighted by molar-refractivity contribution is 0.249. The molecule has 1 rings (SSSR count). The minimum Gasteiger partial charge on any atom is -0.397 e. The molecular weight excluding hydrogens is 270 g/mol. The molecular formula is C10H17N5O3S. The number of urea groups is 1. The van der Waals surface area contributed by atoms with Crippen LogP contribution in [0.1, 0.15) is 0 Å². The molecule has 0 aliphatic carbocycles. The molecule has 1 aromatic carbocycles. The van der Waals surface area contributed by atoms with Crippen molar-refractivity contribution in [3.63, 3.8) is 0 Å². The maximum absolute atomic E-state index is 11.6. The van der Waals surface area contributed by atoms with Crippen LogP contribution in [0, 0.1) is 0 Å². The lowest BCUT2D eigenvalue weighted by atomic mass is 10.2. The molecule has 8 nitrogen and oxygen atoms in total. The topological polar surface area (TPSA) is 139 Å². The van der Waals surface area contributed by atoms with Crippen LogP contribution in [0.2, 0.25) is 0 Å². The molecule has 2 amide bonds. The summed E-state index contributed by atoms with van der Waals surface area (Å²) < 4.78 is 25.3. The Morgan fingerprint density at radius 1 is 1.32 bits per heavy atom. The Kier molecular flexibility index (Phi) is 4.95. The summed E-state index contributed by atoms with van der Waals surface area (Å²) in [5.74, 6) is 0. The predicted molar refractivity (Wildman–Crippen MR) is 73.2 cm³/mol. The van der Waals surface area contributed by atoms with Gasteiger partial charge < -0.3 is 22.1 Å². The Hall–Kier alpha value is -2.00. The Bertz CT molecular complexity index is 558. The quantitative estimate of drug-likeness (QED) is 0.346. The lowest BCUT2D eigenvalue weighted by Gasteiger charge is -2.11. The molecule has 0 atom stereocenters. The van der Waals surface area contributed by atoms with Gasteiger partial charge in [-0.05, 0) is 25.2 Å². The summed E-state index contributed by atoms with van der Waals surface area (Å²) in [7, 11) is -2.18. The monoisotopic (exact) mass is 287 g/mol. The number of carbonyl (C=O) groups excluding carboxylic acids is 1. The predicted octanol–water partition coefficient (Wildman–Crippen LogP) is -0.743. The third-order valence-electron chi connectivity index (χ3n) is 2.34. The standard InChI is InChI=1S/C10H17N5O3S/c1-13-19(17,18)7-2-3-9(8(11)6-7)14-4-5-15-10(12)16/h2-3,6,13-14H,4-5,11H2,1H3,(H3,12,15,16). The largest absolute Gasteiger partial charge is 0.397 e. The third-order valence-corrected chi connectivity index (χ3v) is 3.75. The average molecular weight is 287 g/mol. The van der Waals surface area contributed by atoms with Crippen LogP contribution in [0.3, 0.4) is 0 Å². The molecule has 9 heteroatoms. The molecule has 0 aliphatic heterocycles. The minimum absolute atomic E-state index is 0.0910. The Morgan fingerprint density at radius 2 is 2.00 bits per heavy atom. The van der Waals surface area contributed by atoms with E-state index in [1.165, 1.54) is 19.2 Å². The number of amides is 2. The van der Waals surface area contributed by atoms with Crippen LogP contribution in [0.5, 0.6) is 0 Å². The highest BCUT2D eigenvalue weighted by molar-refractivity contribution is 7.89. The van der Waals surface area contributed by atoms with Crippen molar-refractivity contribution in [1.29, 1.82) is 0 Å². The zero-order chi connectivity index (χ0) is 14.5. The molecule has 0 unspecified atom stereocenters. The number of hydrogen-bond donors (Lipinski definition) is 5. The van der Waals surface area contributed by atoms with E-state index >= 15 is 0 Å². The number of carbonyl (C=O) groups is 1. The third kappa shape index (κ3) is 4.30. The van der Waals surface area contributed by atoms with E-state index in [4.69, 9.17) is 11.5 Å². The number of rotatable bonds is 6. The van der Waals surface area contributed by atoms with Crippen LogP contribution < -0.4 is 26.8 Å². The van der Waals surface area contributed by atoms with Gasteiger partial charge in [-0.25, -0.2) is 17.9 Å². The average Bonchev–Trinajstić information content (AvgIpc) is 2.35. The van der Waals surface area contributed by atoms with Crippen LogP contribution in [-0.4, -0.2) is 34.6 Å². The van der Waals surface area contributed by atoms with Crippen LogP contribution in [-0.2, 0) is 10.0 Å².